The predicted octanol–water partition coefficient (Wildman–Crippen LogP) is 3.20. The van der Waals surface area contributed by atoms with E-state index >= 15 is 0 Å². The molecule has 1 amide bonds. The van der Waals surface area contributed by atoms with Crippen LogP contribution in [0.5, 0.6) is 0 Å². The number of Topliss-reactive ketones (excluding diaryl/α,β-unsaturated/α-hetero) is 1. The van der Waals surface area contributed by atoms with Crippen molar-refractivity contribution in [1.82, 2.24) is 19.7 Å². The number of carbonyl (C=O) groups is 2. The van der Waals surface area contributed by atoms with Gasteiger partial charge in [0.1, 0.15) is 0 Å². The normalized spacial score (nSPS) is 15.6. The highest BCUT2D eigenvalue weighted by atomic mass is 32.1. The average Bonchev–Trinajstić information content (AvgIpc) is 3.17. The van der Waals surface area contributed by atoms with E-state index in [9.17, 15) is 9.59 Å². The molecule has 3 heterocycles. The second kappa shape index (κ2) is 7.07. The van der Waals surface area contributed by atoms with Crippen molar-refractivity contribution in [3.05, 3.63) is 33.0 Å². The second-order valence-electron chi connectivity index (χ2n) is 6.55. The average molecular weight is 360 g/mol. The van der Waals surface area contributed by atoms with Crippen LogP contribution in [0.15, 0.2) is 6.20 Å². The van der Waals surface area contributed by atoms with Crippen molar-refractivity contribution in [1.29, 1.82) is 0 Å². The summed E-state index contributed by atoms with van der Waals surface area (Å²) in [5.74, 6) is 0.480. The number of carbonyl (C=O) groups excluding carboxylic acids is 2. The van der Waals surface area contributed by atoms with Crippen molar-refractivity contribution < 1.29 is 9.59 Å². The van der Waals surface area contributed by atoms with E-state index in [0.29, 0.717) is 24.6 Å². The first kappa shape index (κ1) is 17.8. The van der Waals surface area contributed by atoms with Gasteiger partial charge in [-0.2, -0.15) is 5.10 Å². The third-order valence-electron chi connectivity index (χ3n) is 4.90. The molecule has 0 aliphatic carbocycles. The number of amides is 1. The minimum Gasteiger partial charge on any atom is -0.338 e. The zero-order chi connectivity index (χ0) is 18.1. The van der Waals surface area contributed by atoms with Crippen LogP contribution < -0.4 is 0 Å². The van der Waals surface area contributed by atoms with Gasteiger partial charge >= 0.3 is 0 Å². The molecular weight excluding hydrogens is 336 g/mol. The lowest BCUT2D eigenvalue weighted by atomic mass is 9.97. The number of rotatable bonds is 4. The SMILES string of the molecule is CCn1ncc(C(=O)N2CCC(c3nc(C)c(C(C)=O)s3)CC2)c1C. The molecule has 0 radical (unpaired) electrons. The summed E-state index contributed by atoms with van der Waals surface area (Å²) >= 11 is 1.51. The van der Waals surface area contributed by atoms with Crippen LogP contribution in [0.2, 0.25) is 0 Å². The molecule has 134 valence electrons. The summed E-state index contributed by atoms with van der Waals surface area (Å²) in [7, 11) is 0. The Balaban J connectivity index is 1.67. The van der Waals surface area contributed by atoms with E-state index in [1.807, 2.05) is 30.4 Å². The zero-order valence-electron chi connectivity index (χ0n) is 15.2. The maximum atomic E-state index is 12.8. The molecule has 0 saturated carbocycles. The summed E-state index contributed by atoms with van der Waals surface area (Å²) < 4.78 is 1.85. The highest BCUT2D eigenvalue weighted by molar-refractivity contribution is 7.13. The topological polar surface area (TPSA) is 68.1 Å². The zero-order valence-corrected chi connectivity index (χ0v) is 16.0. The standard InChI is InChI=1S/C18H24N4O2S/c1-5-22-12(3)15(10-19-22)18(24)21-8-6-14(7-9-21)17-20-11(2)16(25-17)13(4)23/h10,14H,5-9H2,1-4H3. The van der Waals surface area contributed by atoms with Gasteiger partial charge in [-0.3, -0.25) is 14.3 Å². The number of likely N-dealkylation sites (tertiary alicyclic amines) is 1. The summed E-state index contributed by atoms with van der Waals surface area (Å²) in [4.78, 5) is 31.6. The lowest BCUT2D eigenvalue weighted by molar-refractivity contribution is 0.0712. The first-order valence-corrected chi connectivity index (χ1v) is 9.54. The molecule has 1 aliphatic rings. The van der Waals surface area contributed by atoms with E-state index in [-0.39, 0.29) is 11.7 Å². The Hall–Kier alpha value is -2.02. The second-order valence-corrected chi connectivity index (χ2v) is 7.58. The third-order valence-corrected chi connectivity index (χ3v) is 6.32. The van der Waals surface area contributed by atoms with Crippen LogP contribution in [0.1, 0.15) is 69.0 Å². The van der Waals surface area contributed by atoms with Gasteiger partial charge in [0.15, 0.2) is 5.78 Å². The Kier molecular flexibility index (Phi) is 5.03. The molecule has 0 aromatic carbocycles. The lowest BCUT2D eigenvalue weighted by Gasteiger charge is -2.31. The summed E-state index contributed by atoms with van der Waals surface area (Å²) in [6.07, 6.45) is 3.45. The van der Waals surface area contributed by atoms with Gasteiger partial charge in [-0.05, 0) is 33.6 Å². The van der Waals surface area contributed by atoms with Crippen LogP contribution in [-0.4, -0.2) is 44.4 Å². The number of aromatic nitrogens is 3. The first-order valence-electron chi connectivity index (χ1n) is 8.72. The van der Waals surface area contributed by atoms with Crippen molar-refractivity contribution in [2.75, 3.05) is 13.1 Å². The van der Waals surface area contributed by atoms with Gasteiger partial charge in [0.25, 0.3) is 5.91 Å². The Morgan fingerprint density at radius 2 is 1.96 bits per heavy atom. The number of nitrogens with zero attached hydrogens (tertiary/aromatic N) is 4. The van der Waals surface area contributed by atoms with Crippen molar-refractivity contribution in [2.45, 2.75) is 53.0 Å². The number of hydrogen-bond acceptors (Lipinski definition) is 5. The molecule has 1 aliphatic heterocycles. The van der Waals surface area contributed by atoms with Crippen LogP contribution >= 0.6 is 11.3 Å². The van der Waals surface area contributed by atoms with Crippen LogP contribution in [0.3, 0.4) is 0 Å². The van der Waals surface area contributed by atoms with E-state index < -0.39 is 0 Å². The highest BCUT2D eigenvalue weighted by Crippen LogP contribution is 2.33. The Bertz CT molecular complexity index is 800. The molecule has 1 saturated heterocycles. The predicted molar refractivity (Wildman–Crippen MR) is 97.4 cm³/mol. The van der Waals surface area contributed by atoms with Crippen molar-refractivity contribution in [2.24, 2.45) is 0 Å². The summed E-state index contributed by atoms with van der Waals surface area (Å²) in [5, 5.41) is 5.30. The van der Waals surface area contributed by atoms with Gasteiger partial charge in [0, 0.05) is 38.2 Å². The quantitative estimate of drug-likeness (QED) is 0.785. The Morgan fingerprint density at radius 1 is 1.28 bits per heavy atom. The van der Waals surface area contributed by atoms with Gasteiger partial charge in [-0.25, -0.2) is 4.98 Å². The molecule has 3 rings (SSSR count). The van der Waals surface area contributed by atoms with E-state index in [4.69, 9.17) is 0 Å². The minimum absolute atomic E-state index is 0.0652. The van der Waals surface area contributed by atoms with Gasteiger partial charge in [0.05, 0.1) is 27.3 Å². The molecule has 0 N–H and O–H groups in total. The third kappa shape index (κ3) is 3.38. The maximum Gasteiger partial charge on any atom is 0.257 e. The van der Waals surface area contributed by atoms with Crippen LogP contribution in [0.4, 0.5) is 0 Å². The van der Waals surface area contributed by atoms with Crippen LogP contribution in [-0.2, 0) is 6.54 Å². The summed E-state index contributed by atoms with van der Waals surface area (Å²) in [6, 6.07) is 0. The minimum atomic E-state index is 0.0652. The van der Waals surface area contributed by atoms with Crippen molar-refractivity contribution >= 4 is 23.0 Å². The fourth-order valence-corrected chi connectivity index (χ4v) is 4.52. The Labute approximate surface area is 151 Å². The fourth-order valence-electron chi connectivity index (χ4n) is 3.39. The van der Waals surface area contributed by atoms with E-state index in [0.717, 1.165) is 40.7 Å². The fraction of sp³-hybridized carbons (Fsp3) is 0.556. The largest absolute Gasteiger partial charge is 0.338 e. The van der Waals surface area contributed by atoms with E-state index in [2.05, 4.69) is 10.1 Å². The van der Waals surface area contributed by atoms with E-state index in [1.165, 1.54) is 11.3 Å². The monoisotopic (exact) mass is 360 g/mol. The van der Waals surface area contributed by atoms with Crippen molar-refractivity contribution in [3.8, 4) is 0 Å². The number of thiazole rings is 1. The first-order chi connectivity index (χ1) is 11.9. The molecule has 2 aromatic rings. The number of aryl methyl sites for hydroxylation is 2. The van der Waals surface area contributed by atoms with Crippen LogP contribution in [0.25, 0.3) is 0 Å². The molecule has 0 bridgehead atoms. The maximum absolute atomic E-state index is 12.8. The molecule has 25 heavy (non-hydrogen) atoms. The molecular formula is C18H24N4O2S. The summed E-state index contributed by atoms with van der Waals surface area (Å²) in [6.45, 7) is 9.64. The van der Waals surface area contributed by atoms with Gasteiger partial charge in [0.2, 0.25) is 0 Å². The molecule has 0 spiro atoms. The molecule has 0 atom stereocenters. The molecule has 7 heteroatoms. The van der Waals surface area contributed by atoms with Gasteiger partial charge < -0.3 is 4.90 Å². The molecule has 0 unspecified atom stereocenters. The van der Waals surface area contributed by atoms with Crippen molar-refractivity contribution in [3.63, 3.8) is 0 Å². The highest BCUT2D eigenvalue weighted by Gasteiger charge is 2.28. The number of hydrogen-bond donors (Lipinski definition) is 0. The van der Waals surface area contributed by atoms with Gasteiger partial charge in [-0.1, -0.05) is 0 Å². The molecule has 6 nitrogen and oxygen atoms in total. The van der Waals surface area contributed by atoms with Crippen LogP contribution in [0, 0.1) is 13.8 Å². The number of ketones is 1. The number of piperidine rings is 1. The van der Waals surface area contributed by atoms with E-state index in [1.54, 1.807) is 13.1 Å². The Morgan fingerprint density at radius 3 is 2.48 bits per heavy atom. The lowest BCUT2D eigenvalue weighted by Crippen LogP contribution is -2.38. The molecule has 1 fully saturated rings. The summed E-state index contributed by atoms with van der Waals surface area (Å²) in [5.41, 5.74) is 2.45. The van der Waals surface area contributed by atoms with Gasteiger partial charge in [-0.15, -0.1) is 11.3 Å². The molecule has 2 aromatic heterocycles. The smallest absolute Gasteiger partial charge is 0.257 e.